The van der Waals surface area contributed by atoms with Gasteiger partial charge in [0.25, 0.3) is 0 Å². The molecular weight excluding hydrogens is 196 g/mol. The fourth-order valence-electron chi connectivity index (χ4n) is 1.99. The molecule has 1 unspecified atom stereocenters. The van der Waals surface area contributed by atoms with E-state index in [0.29, 0.717) is 12.0 Å². The van der Waals surface area contributed by atoms with Crippen molar-refractivity contribution < 1.29 is 0 Å². The summed E-state index contributed by atoms with van der Waals surface area (Å²) in [7, 11) is 0. The van der Waals surface area contributed by atoms with Crippen molar-refractivity contribution in [1.29, 1.82) is 0 Å². The van der Waals surface area contributed by atoms with E-state index in [9.17, 15) is 0 Å². The van der Waals surface area contributed by atoms with Gasteiger partial charge in [0, 0.05) is 12.1 Å². The van der Waals surface area contributed by atoms with Crippen molar-refractivity contribution in [3.63, 3.8) is 0 Å². The largest absolute Gasteiger partial charge is 0.327 e. The summed E-state index contributed by atoms with van der Waals surface area (Å²) in [6, 6.07) is 1.26. The summed E-state index contributed by atoms with van der Waals surface area (Å²) in [6.07, 6.45) is 5.31. The summed E-state index contributed by atoms with van der Waals surface area (Å²) in [4.78, 5) is 2.67. The van der Waals surface area contributed by atoms with Crippen molar-refractivity contribution in [3.8, 4) is 0 Å². The Hall–Kier alpha value is -0.0800. The lowest BCUT2D eigenvalue weighted by Gasteiger charge is -2.25. The summed E-state index contributed by atoms with van der Waals surface area (Å²) in [5, 5.41) is 0. The first-order valence-corrected chi connectivity index (χ1v) is 7.00. The number of nitrogens with zero attached hydrogens (tertiary/aromatic N) is 1. The molecule has 1 fully saturated rings. The van der Waals surface area contributed by atoms with Gasteiger partial charge in [-0.15, -0.1) is 0 Å². The van der Waals surface area contributed by atoms with E-state index in [4.69, 9.17) is 5.73 Å². The molecule has 0 aromatic carbocycles. The van der Waals surface area contributed by atoms with Gasteiger partial charge in [0.05, 0.1) is 0 Å². The predicted molar refractivity (Wildman–Crippen MR) is 71.5 cm³/mol. The second-order valence-electron chi connectivity index (χ2n) is 6.15. The van der Waals surface area contributed by atoms with Gasteiger partial charge in [0.2, 0.25) is 0 Å². The summed E-state index contributed by atoms with van der Waals surface area (Å²) in [5.41, 5.74) is 6.11. The van der Waals surface area contributed by atoms with Crippen LogP contribution in [0.4, 0.5) is 0 Å². The fourth-order valence-corrected chi connectivity index (χ4v) is 1.99. The maximum absolute atomic E-state index is 6.11. The molecule has 0 amide bonds. The smallest absolute Gasteiger partial charge is 0.00964 e. The molecule has 0 aromatic heterocycles. The molecule has 0 aliphatic heterocycles. The molecule has 1 atom stereocenters. The molecule has 1 rings (SSSR count). The third-order valence-electron chi connectivity index (χ3n) is 3.66. The Morgan fingerprint density at radius 3 is 2.06 bits per heavy atom. The highest BCUT2D eigenvalue weighted by Crippen LogP contribution is 2.27. The van der Waals surface area contributed by atoms with Crippen molar-refractivity contribution in [2.24, 2.45) is 17.6 Å². The molecule has 0 bridgehead atoms. The van der Waals surface area contributed by atoms with E-state index in [1.807, 2.05) is 0 Å². The number of hydrogen-bond donors (Lipinski definition) is 1. The van der Waals surface area contributed by atoms with Crippen LogP contribution in [0, 0.1) is 11.8 Å². The molecule has 96 valence electrons. The molecule has 2 N–H and O–H groups in total. The lowest BCUT2D eigenvalue weighted by molar-refractivity contribution is 0.232. The van der Waals surface area contributed by atoms with Gasteiger partial charge in [-0.25, -0.2) is 0 Å². The van der Waals surface area contributed by atoms with Crippen molar-refractivity contribution in [2.45, 2.75) is 65.5 Å². The highest BCUT2D eigenvalue weighted by Gasteiger charge is 2.28. The first kappa shape index (κ1) is 14.0. The molecule has 1 aliphatic rings. The van der Waals surface area contributed by atoms with Gasteiger partial charge >= 0.3 is 0 Å². The maximum atomic E-state index is 6.11. The highest BCUT2D eigenvalue weighted by molar-refractivity contribution is 4.85. The summed E-state index contributed by atoms with van der Waals surface area (Å²) in [6.45, 7) is 11.5. The number of nitrogens with two attached hydrogens (primary N) is 1. The normalized spacial score (nSPS) is 18.8. The lowest BCUT2D eigenvalue weighted by atomic mass is 10.0. The van der Waals surface area contributed by atoms with Crippen LogP contribution in [0.25, 0.3) is 0 Å². The van der Waals surface area contributed by atoms with E-state index in [-0.39, 0.29) is 0 Å². The lowest BCUT2D eigenvalue weighted by Crippen LogP contribution is -2.35. The maximum Gasteiger partial charge on any atom is 0.00964 e. The van der Waals surface area contributed by atoms with Crippen molar-refractivity contribution in [2.75, 3.05) is 13.1 Å². The Kier molecular flexibility index (Phi) is 5.77. The van der Waals surface area contributed by atoms with E-state index in [1.165, 1.54) is 32.4 Å². The van der Waals surface area contributed by atoms with Crippen LogP contribution < -0.4 is 5.73 Å². The molecular formula is C14H30N2. The Morgan fingerprint density at radius 1 is 1.06 bits per heavy atom. The van der Waals surface area contributed by atoms with E-state index in [2.05, 4.69) is 32.6 Å². The second kappa shape index (κ2) is 6.61. The molecule has 0 heterocycles. The summed E-state index contributed by atoms with van der Waals surface area (Å²) >= 11 is 0. The molecule has 16 heavy (non-hydrogen) atoms. The topological polar surface area (TPSA) is 29.3 Å². The van der Waals surface area contributed by atoms with E-state index in [1.54, 1.807) is 0 Å². The SMILES string of the molecule is CC(C)CCN(CCC(N)C(C)C)C1CC1. The van der Waals surface area contributed by atoms with Crippen LogP contribution in [0.1, 0.15) is 53.4 Å². The zero-order chi connectivity index (χ0) is 12.1. The Morgan fingerprint density at radius 2 is 1.62 bits per heavy atom. The highest BCUT2D eigenvalue weighted by atomic mass is 15.2. The first-order chi connectivity index (χ1) is 7.50. The van der Waals surface area contributed by atoms with E-state index >= 15 is 0 Å². The van der Waals surface area contributed by atoms with Gasteiger partial charge in [-0.3, -0.25) is 0 Å². The van der Waals surface area contributed by atoms with Crippen LogP contribution in [0.2, 0.25) is 0 Å². The Labute approximate surface area is 102 Å². The minimum absolute atomic E-state index is 0.375. The van der Waals surface area contributed by atoms with Crippen LogP contribution >= 0.6 is 0 Å². The monoisotopic (exact) mass is 226 g/mol. The molecule has 0 aromatic rings. The van der Waals surface area contributed by atoms with Gasteiger partial charge in [-0.05, 0) is 50.6 Å². The van der Waals surface area contributed by atoms with Gasteiger partial charge < -0.3 is 10.6 Å². The van der Waals surface area contributed by atoms with Gasteiger partial charge in [-0.2, -0.15) is 0 Å². The van der Waals surface area contributed by atoms with E-state index < -0.39 is 0 Å². The van der Waals surface area contributed by atoms with Crippen LogP contribution in [-0.2, 0) is 0 Å². The van der Waals surface area contributed by atoms with E-state index in [0.717, 1.165) is 18.4 Å². The standard InChI is InChI=1S/C14H30N2/c1-11(2)7-9-16(13-5-6-13)10-8-14(15)12(3)4/h11-14H,5-10,15H2,1-4H3. The van der Waals surface area contributed by atoms with Crippen molar-refractivity contribution in [3.05, 3.63) is 0 Å². The fraction of sp³-hybridized carbons (Fsp3) is 1.00. The Balaban J connectivity index is 2.22. The summed E-state index contributed by atoms with van der Waals surface area (Å²) < 4.78 is 0. The molecule has 1 saturated carbocycles. The van der Waals surface area contributed by atoms with Crippen LogP contribution in [0.15, 0.2) is 0 Å². The minimum Gasteiger partial charge on any atom is -0.327 e. The zero-order valence-electron chi connectivity index (χ0n) is 11.6. The molecule has 2 heteroatoms. The minimum atomic E-state index is 0.375. The number of rotatable bonds is 8. The van der Waals surface area contributed by atoms with Crippen LogP contribution in [0.3, 0.4) is 0 Å². The molecule has 1 aliphatic carbocycles. The van der Waals surface area contributed by atoms with Gasteiger partial charge in [-0.1, -0.05) is 27.7 Å². The Bertz CT molecular complexity index is 185. The average molecular weight is 226 g/mol. The second-order valence-corrected chi connectivity index (χ2v) is 6.15. The summed E-state index contributed by atoms with van der Waals surface area (Å²) in [5.74, 6) is 1.44. The predicted octanol–water partition coefficient (Wildman–Crippen LogP) is 2.87. The van der Waals surface area contributed by atoms with Gasteiger partial charge in [0.1, 0.15) is 0 Å². The third-order valence-corrected chi connectivity index (χ3v) is 3.66. The molecule has 0 spiro atoms. The van der Waals surface area contributed by atoms with Crippen LogP contribution in [-0.4, -0.2) is 30.1 Å². The number of hydrogen-bond acceptors (Lipinski definition) is 2. The molecule has 2 nitrogen and oxygen atoms in total. The van der Waals surface area contributed by atoms with Crippen LogP contribution in [0.5, 0.6) is 0 Å². The van der Waals surface area contributed by atoms with Gasteiger partial charge in [0.15, 0.2) is 0 Å². The molecule has 0 saturated heterocycles. The zero-order valence-corrected chi connectivity index (χ0v) is 11.6. The van der Waals surface area contributed by atoms with Crippen molar-refractivity contribution >= 4 is 0 Å². The third kappa shape index (κ3) is 5.31. The van der Waals surface area contributed by atoms with Crippen molar-refractivity contribution in [1.82, 2.24) is 4.90 Å². The quantitative estimate of drug-likeness (QED) is 0.689. The molecule has 0 radical (unpaired) electrons. The first-order valence-electron chi connectivity index (χ1n) is 7.00. The average Bonchev–Trinajstić information content (AvgIpc) is 3.00.